The largest absolute Gasteiger partial charge is 0.465 e. The molecular formula is C20H25F3N2O3. The molecule has 0 aromatic heterocycles. The van der Waals surface area contributed by atoms with Crippen LogP contribution < -0.4 is 0 Å². The van der Waals surface area contributed by atoms with Crippen molar-refractivity contribution in [1.29, 1.82) is 0 Å². The number of ether oxygens (including phenoxy) is 2. The lowest BCUT2D eigenvalue weighted by Gasteiger charge is -2.31. The molecule has 2 unspecified atom stereocenters. The van der Waals surface area contributed by atoms with E-state index in [1.54, 1.807) is 6.92 Å². The van der Waals surface area contributed by atoms with Crippen LogP contribution in [0.15, 0.2) is 34.5 Å². The van der Waals surface area contributed by atoms with Crippen LogP contribution in [-0.4, -0.2) is 37.2 Å². The maximum absolute atomic E-state index is 13.7. The van der Waals surface area contributed by atoms with Gasteiger partial charge in [0, 0.05) is 18.9 Å². The number of hydrogen-bond acceptors (Lipinski definition) is 5. The van der Waals surface area contributed by atoms with Crippen molar-refractivity contribution >= 4 is 17.4 Å². The molecule has 28 heavy (non-hydrogen) atoms. The highest BCUT2D eigenvalue weighted by Gasteiger charge is 2.43. The smallest absolute Gasteiger partial charge is 0.416 e. The van der Waals surface area contributed by atoms with Gasteiger partial charge in [-0.05, 0) is 31.9 Å². The molecule has 5 nitrogen and oxygen atoms in total. The SMILES string of the molecule is CCCOC(=O)C1C(C)=NN=C(CCOCC)C1c1ccccc1C(F)(F)F. The molecule has 0 fully saturated rings. The van der Waals surface area contributed by atoms with Gasteiger partial charge in [0.05, 0.1) is 30.2 Å². The summed E-state index contributed by atoms with van der Waals surface area (Å²) in [5.74, 6) is -2.45. The number of carbonyl (C=O) groups excluding carboxylic acids is 1. The van der Waals surface area contributed by atoms with Crippen LogP contribution in [0.1, 0.15) is 50.7 Å². The van der Waals surface area contributed by atoms with Crippen LogP contribution in [0.3, 0.4) is 0 Å². The Balaban J connectivity index is 2.52. The highest BCUT2D eigenvalue weighted by atomic mass is 19.4. The van der Waals surface area contributed by atoms with Crippen molar-refractivity contribution in [3.8, 4) is 0 Å². The summed E-state index contributed by atoms with van der Waals surface area (Å²) < 4.78 is 51.6. The minimum atomic E-state index is -4.55. The second-order valence-corrected chi connectivity index (χ2v) is 6.49. The maximum Gasteiger partial charge on any atom is 0.416 e. The Morgan fingerprint density at radius 2 is 1.86 bits per heavy atom. The molecule has 1 aliphatic rings. The predicted molar refractivity (Wildman–Crippen MR) is 101 cm³/mol. The van der Waals surface area contributed by atoms with Crippen LogP contribution in [0, 0.1) is 5.92 Å². The Hall–Kier alpha value is -2.22. The molecule has 154 valence electrons. The van der Waals surface area contributed by atoms with Crippen LogP contribution in [0.4, 0.5) is 13.2 Å². The third-order valence-electron chi connectivity index (χ3n) is 4.49. The topological polar surface area (TPSA) is 60.2 Å². The first-order valence-corrected chi connectivity index (χ1v) is 9.32. The minimum absolute atomic E-state index is 0.00190. The Morgan fingerprint density at radius 3 is 2.50 bits per heavy atom. The molecule has 0 bridgehead atoms. The average molecular weight is 398 g/mol. The van der Waals surface area contributed by atoms with Crippen LogP contribution >= 0.6 is 0 Å². The zero-order valence-electron chi connectivity index (χ0n) is 16.3. The summed E-state index contributed by atoms with van der Waals surface area (Å²) in [5.41, 5.74) is -0.0671. The Kier molecular flexibility index (Phi) is 7.74. The Bertz CT molecular complexity index is 744. The van der Waals surface area contributed by atoms with E-state index in [0.29, 0.717) is 24.5 Å². The van der Waals surface area contributed by atoms with E-state index < -0.39 is 29.5 Å². The third kappa shape index (κ3) is 5.19. The molecule has 1 aromatic carbocycles. The van der Waals surface area contributed by atoms with Crippen molar-refractivity contribution in [1.82, 2.24) is 0 Å². The van der Waals surface area contributed by atoms with Gasteiger partial charge in [-0.2, -0.15) is 23.4 Å². The maximum atomic E-state index is 13.7. The summed E-state index contributed by atoms with van der Waals surface area (Å²) in [5, 5.41) is 8.16. The van der Waals surface area contributed by atoms with Gasteiger partial charge in [0.15, 0.2) is 0 Å². The first-order chi connectivity index (χ1) is 13.3. The first-order valence-electron chi connectivity index (χ1n) is 9.32. The fourth-order valence-electron chi connectivity index (χ4n) is 3.21. The normalized spacial score (nSPS) is 19.8. The van der Waals surface area contributed by atoms with E-state index >= 15 is 0 Å². The lowest BCUT2D eigenvalue weighted by Crippen LogP contribution is -2.38. The van der Waals surface area contributed by atoms with E-state index in [2.05, 4.69) is 10.2 Å². The molecule has 0 amide bonds. The lowest BCUT2D eigenvalue weighted by molar-refractivity contribution is -0.147. The molecule has 2 atom stereocenters. The van der Waals surface area contributed by atoms with Gasteiger partial charge in [-0.15, -0.1) is 0 Å². The summed E-state index contributed by atoms with van der Waals surface area (Å²) in [6.07, 6.45) is -3.66. The summed E-state index contributed by atoms with van der Waals surface area (Å²) in [6.45, 7) is 6.21. The van der Waals surface area contributed by atoms with Gasteiger partial charge in [0.2, 0.25) is 0 Å². The number of alkyl halides is 3. The number of esters is 1. The molecule has 2 rings (SSSR count). The molecule has 0 radical (unpaired) electrons. The summed E-state index contributed by atoms with van der Waals surface area (Å²) in [6, 6.07) is 5.27. The summed E-state index contributed by atoms with van der Waals surface area (Å²) >= 11 is 0. The number of rotatable bonds is 8. The molecule has 0 spiro atoms. The van der Waals surface area contributed by atoms with Gasteiger partial charge in [-0.1, -0.05) is 25.1 Å². The zero-order valence-corrected chi connectivity index (χ0v) is 16.3. The molecule has 0 N–H and O–H groups in total. The third-order valence-corrected chi connectivity index (χ3v) is 4.49. The zero-order chi connectivity index (χ0) is 20.7. The molecule has 1 aliphatic heterocycles. The fourth-order valence-corrected chi connectivity index (χ4v) is 3.21. The fraction of sp³-hybridized carbons (Fsp3) is 0.550. The van der Waals surface area contributed by atoms with E-state index in [9.17, 15) is 18.0 Å². The van der Waals surface area contributed by atoms with Crippen molar-refractivity contribution in [3.63, 3.8) is 0 Å². The van der Waals surface area contributed by atoms with Gasteiger partial charge in [0.1, 0.15) is 5.92 Å². The van der Waals surface area contributed by atoms with Gasteiger partial charge in [0.25, 0.3) is 0 Å². The molecule has 0 saturated heterocycles. The minimum Gasteiger partial charge on any atom is -0.465 e. The first kappa shape index (κ1) is 22.1. The highest BCUT2D eigenvalue weighted by molar-refractivity contribution is 6.10. The van der Waals surface area contributed by atoms with Crippen molar-refractivity contribution < 1.29 is 27.4 Å². The van der Waals surface area contributed by atoms with Crippen LogP contribution in [0.2, 0.25) is 0 Å². The van der Waals surface area contributed by atoms with Crippen LogP contribution in [-0.2, 0) is 20.4 Å². The molecule has 1 aromatic rings. The second kappa shape index (κ2) is 9.82. The molecule has 0 saturated carbocycles. The van der Waals surface area contributed by atoms with Crippen molar-refractivity contribution in [3.05, 3.63) is 35.4 Å². The number of carbonyl (C=O) groups is 1. The Morgan fingerprint density at radius 1 is 1.14 bits per heavy atom. The van der Waals surface area contributed by atoms with E-state index in [1.807, 2.05) is 13.8 Å². The van der Waals surface area contributed by atoms with E-state index in [-0.39, 0.29) is 25.2 Å². The van der Waals surface area contributed by atoms with Gasteiger partial charge in [-0.3, -0.25) is 4.79 Å². The van der Waals surface area contributed by atoms with Crippen LogP contribution in [0.25, 0.3) is 0 Å². The number of halogens is 3. The lowest BCUT2D eigenvalue weighted by atomic mass is 9.76. The Labute approximate surface area is 162 Å². The standard InChI is InChI=1S/C20H25F3N2O3/c1-4-11-28-19(26)17-13(3)24-25-16(10-12-27-5-2)18(17)14-8-6-7-9-15(14)20(21,22)23/h6-9,17-18H,4-5,10-12H2,1-3H3. The molecular weight excluding hydrogens is 373 g/mol. The number of hydrogen-bond donors (Lipinski definition) is 0. The van der Waals surface area contributed by atoms with Crippen molar-refractivity contribution in [2.45, 2.75) is 45.7 Å². The van der Waals surface area contributed by atoms with Crippen molar-refractivity contribution in [2.24, 2.45) is 16.1 Å². The summed E-state index contributed by atoms with van der Waals surface area (Å²) in [7, 11) is 0. The predicted octanol–water partition coefficient (Wildman–Crippen LogP) is 4.62. The monoisotopic (exact) mass is 398 g/mol. The van der Waals surface area contributed by atoms with Gasteiger partial charge in [-0.25, -0.2) is 0 Å². The molecule has 0 aliphatic carbocycles. The number of benzene rings is 1. The highest BCUT2D eigenvalue weighted by Crippen LogP contribution is 2.40. The summed E-state index contributed by atoms with van der Waals surface area (Å²) in [4.78, 5) is 12.7. The van der Waals surface area contributed by atoms with E-state index in [4.69, 9.17) is 9.47 Å². The average Bonchev–Trinajstić information content (AvgIpc) is 2.66. The van der Waals surface area contributed by atoms with Gasteiger partial charge >= 0.3 is 12.1 Å². The second-order valence-electron chi connectivity index (χ2n) is 6.49. The number of nitrogens with zero attached hydrogens (tertiary/aromatic N) is 2. The molecule has 8 heteroatoms. The van der Waals surface area contributed by atoms with Gasteiger partial charge < -0.3 is 9.47 Å². The molecule has 1 heterocycles. The van der Waals surface area contributed by atoms with Crippen LogP contribution in [0.5, 0.6) is 0 Å². The van der Waals surface area contributed by atoms with Crippen molar-refractivity contribution in [2.75, 3.05) is 19.8 Å². The van der Waals surface area contributed by atoms with E-state index in [1.165, 1.54) is 18.2 Å². The quantitative estimate of drug-likeness (QED) is 0.474. The van der Waals surface area contributed by atoms with E-state index in [0.717, 1.165) is 6.07 Å².